The van der Waals surface area contributed by atoms with E-state index in [9.17, 15) is 13.2 Å². The van der Waals surface area contributed by atoms with Crippen molar-refractivity contribution in [3.63, 3.8) is 0 Å². The quantitative estimate of drug-likeness (QED) is 0.809. The van der Waals surface area contributed by atoms with Crippen LogP contribution in [0.3, 0.4) is 0 Å². The summed E-state index contributed by atoms with van der Waals surface area (Å²) in [5.41, 5.74) is 0. The molecule has 0 N–H and O–H groups in total. The fourth-order valence-electron chi connectivity index (χ4n) is 2.56. The molecule has 0 bridgehead atoms. The smallest absolute Gasteiger partial charge is 0.244 e. The van der Waals surface area contributed by atoms with Gasteiger partial charge in [0.2, 0.25) is 15.9 Å². The Morgan fingerprint density at radius 3 is 2.71 bits per heavy atom. The fourth-order valence-corrected chi connectivity index (χ4v) is 5.71. The van der Waals surface area contributed by atoms with Gasteiger partial charge in [-0.3, -0.25) is 4.79 Å². The highest BCUT2D eigenvalue weighted by Gasteiger charge is 2.41. The van der Waals surface area contributed by atoms with Gasteiger partial charge in [0.25, 0.3) is 0 Å². The van der Waals surface area contributed by atoms with Gasteiger partial charge in [-0.2, -0.15) is 4.31 Å². The Labute approximate surface area is 145 Å². The summed E-state index contributed by atoms with van der Waals surface area (Å²) in [7, 11) is -2.03. The largest absolute Gasteiger partial charge is 0.467 e. The molecule has 1 saturated heterocycles. The summed E-state index contributed by atoms with van der Waals surface area (Å²) in [6, 6.07) is 11.1. The van der Waals surface area contributed by atoms with E-state index in [2.05, 4.69) is 0 Å². The third-order valence-corrected chi connectivity index (χ3v) is 6.87. The van der Waals surface area contributed by atoms with Crippen molar-refractivity contribution in [2.75, 3.05) is 18.7 Å². The monoisotopic (exact) mass is 366 g/mol. The molecule has 1 amide bonds. The molecule has 2 heterocycles. The predicted octanol–water partition coefficient (Wildman–Crippen LogP) is 2.00. The summed E-state index contributed by atoms with van der Waals surface area (Å²) < 4.78 is 32.2. The Morgan fingerprint density at radius 1 is 1.29 bits per heavy atom. The number of carbonyl (C=O) groups is 1. The second-order valence-corrected chi connectivity index (χ2v) is 8.38. The first-order valence-corrected chi connectivity index (χ1v) is 10.0. The minimum absolute atomic E-state index is 0.207. The van der Waals surface area contributed by atoms with E-state index in [4.69, 9.17) is 4.42 Å². The molecule has 2 aromatic rings. The van der Waals surface area contributed by atoms with Crippen molar-refractivity contribution in [2.24, 2.45) is 0 Å². The normalized spacial score (nSPS) is 18.6. The van der Waals surface area contributed by atoms with E-state index in [1.54, 1.807) is 55.8 Å². The van der Waals surface area contributed by atoms with Crippen LogP contribution in [0, 0.1) is 0 Å². The van der Waals surface area contributed by atoms with E-state index in [-0.39, 0.29) is 16.7 Å². The molecule has 1 atom stereocenters. The maximum atomic E-state index is 12.8. The number of thioether (sulfide) groups is 1. The van der Waals surface area contributed by atoms with E-state index >= 15 is 0 Å². The standard InChI is InChI=1S/C16H18N2O4S2/c1-17(10-13-6-5-9-22-13)16(19)15-11-23-12-18(15)24(20,21)14-7-3-2-4-8-14/h2-9,15H,10-12H2,1H3/t15-/m0/s1. The summed E-state index contributed by atoms with van der Waals surface area (Å²) >= 11 is 1.44. The number of nitrogens with zero attached hydrogens (tertiary/aromatic N) is 2. The first-order chi connectivity index (χ1) is 11.5. The van der Waals surface area contributed by atoms with Gasteiger partial charge in [-0.1, -0.05) is 18.2 Å². The van der Waals surface area contributed by atoms with E-state index in [0.717, 1.165) is 0 Å². The van der Waals surface area contributed by atoms with Crippen LogP contribution in [0.4, 0.5) is 0 Å². The molecule has 0 radical (unpaired) electrons. The van der Waals surface area contributed by atoms with Gasteiger partial charge >= 0.3 is 0 Å². The van der Waals surface area contributed by atoms with Crippen LogP contribution < -0.4 is 0 Å². The highest BCUT2D eigenvalue weighted by Crippen LogP contribution is 2.29. The van der Waals surface area contributed by atoms with Crippen molar-refractivity contribution < 1.29 is 17.6 Å². The summed E-state index contributed by atoms with van der Waals surface area (Å²) in [5, 5.41) is 0. The lowest BCUT2D eigenvalue weighted by Crippen LogP contribution is -2.47. The number of amides is 1. The molecular weight excluding hydrogens is 348 g/mol. The lowest BCUT2D eigenvalue weighted by atomic mass is 10.3. The number of hydrogen-bond donors (Lipinski definition) is 0. The minimum Gasteiger partial charge on any atom is -0.467 e. The van der Waals surface area contributed by atoms with Crippen molar-refractivity contribution in [3.8, 4) is 0 Å². The maximum Gasteiger partial charge on any atom is 0.244 e. The van der Waals surface area contributed by atoms with Gasteiger partial charge in [0.15, 0.2) is 0 Å². The van der Waals surface area contributed by atoms with Gasteiger partial charge in [-0.15, -0.1) is 11.8 Å². The highest BCUT2D eigenvalue weighted by molar-refractivity contribution is 8.00. The first kappa shape index (κ1) is 17.1. The Bertz CT molecular complexity index is 791. The summed E-state index contributed by atoms with van der Waals surface area (Å²) in [5.74, 6) is 1.17. The average molecular weight is 366 g/mol. The molecule has 1 aliphatic rings. The lowest BCUT2D eigenvalue weighted by molar-refractivity contribution is -0.133. The third kappa shape index (κ3) is 3.35. The molecule has 3 rings (SSSR count). The van der Waals surface area contributed by atoms with E-state index in [1.165, 1.54) is 21.0 Å². The van der Waals surface area contributed by atoms with Crippen molar-refractivity contribution >= 4 is 27.7 Å². The van der Waals surface area contributed by atoms with Gasteiger partial charge in [-0.05, 0) is 24.3 Å². The molecule has 1 fully saturated rings. The average Bonchev–Trinajstić information content (AvgIpc) is 3.26. The number of furan rings is 1. The van der Waals surface area contributed by atoms with Crippen LogP contribution in [0.25, 0.3) is 0 Å². The molecule has 24 heavy (non-hydrogen) atoms. The number of sulfonamides is 1. The van der Waals surface area contributed by atoms with E-state index in [1.807, 2.05) is 0 Å². The molecule has 6 nitrogen and oxygen atoms in total. The van der Waals surface area contributed by atoms with Gasteiger partial charge in [0.1, 0.15) is 11.8 Å². The number of benzene rings is 1. The molecule has 1 aliphatic heterocycles. The Hall–Kier alpha value is -1.77. The van der Waals surface area contributed by atoms with Crippen LogP contribution in [0.15, 0.2) is 58.0 Å². The topological polar surface area (TPSA) is 70.8 Å². The number of likely N-dealkylation sites (N-methyl/N-ethyl adjacent to an activating group) is 1. The van der Waals surface area contributed by atoms with Crippen LogP contribution >= 0.6 is 11.8 Å². The van der Waals surface area contributed by atoms with Gasteiger partial charge < -0.3 is 9.32 Å². The first-order valence-electron chi connectivity index (χ1n) is 7.42. The fraction of sp³-hybridized carbons (Fsp3) is 0.312. The molecule has 0 aliphatic carbocycles. The van der Waals surface area contributed by atoms with E-state index in [0.29, 0.717) is 18.1 Å². The molecule has 0 saturated carbocycles. The SMILES string of the molecule is CN(Cc1ccco1)C(=O)[C@@H]1CSCN1S(=O)(=O)c1ccccc1. The van der Waals surface area contributed by atoms with Crippen molar-refractivity contribution in [1.82, 2.24) is 9.21 Å². The second-order valence-electron chi connectivity index (χ2n) is 5.49. The number of hydrogen-bond acceptors (Lipinski definition) is 5. The molecule has 0 spiro atoms. The van der Waals surface area contributed by atoms with Crippen LogP contribution in [-0.2, 0) is 21.4 Å². The van der Waals surface area contributed by atoms with E-state index < -0.39 is 16.1 Å². The third-order valence-electron chi connectivity index (χ3n) is 3.83. The lowest BCUT2D eigenvalue weighted by Gasteiger charge is -2.26. The van der Waals surface area contributed by atoms with Crippen LogP contribution in [0.5, 0.6) is 0 Å². The zero-order valence-corrected chi connectivity index (χ0v) is 14.8. The van der Waals surface area contributed by atoms with Gasteiger partial charge in [-0.25, -0.2) is 8.42 Å². The second kappa shape index (κ2) is 7.00. The zero-order chi connectivity index (χ0) is 17.2. The van der Waals surface area contributed by atoms with Crippen LogP contribution in [0.1, 0.15) is 5.76 Å². The van der Waals surface area contributed by atoms with Crippen molar-refractivity contribution in [2.45, 2.75) is 17.5 Å². The number of carbonyl (C=O) groups excluding carboxylic acids is 1. The summed E-state index contributed by atoms with van der Waals surface area (Å²) in [6.45, 7) is 0.312. The summed E-state index contributed by atoms with van der Waals surface area (Å²) in [6.07, 6.45) is 1.55. The van der Waals surface area contributed by atoms with Gasteiger partial charge in [0.05, 0.1) is 23.6 Å². The van der Waals surface area contributed by atoms with Crippen LogP contribution in [-0.4, -0.2) is 48.2 Å². The predicted molar refractivity (Wildman–Crippen MR) is 91.8 cm³/mol. The maximum absolute atomic E-state index is 12.8. The highest BCUT2D eigenvalue weighted by atomic mass is 32.2. The Morgan fingerprint density at radius 2 is 2.04 bits per heavy atom. The van der Waals surface area contributed by atoms with Gasteiger partial charge in [0, 0.05) is 12.8 Å². The Kier molecular flexibility index (Phi) is 4.98. The Balaban J connectivity index is 1.79. The molecule has 128 valence electrons. The molecular formula is C16H18N2O4S2. The molecule has 0 unspecified atom stereocenters. The number of rotatable bonds is 5. The molecule has 1 aromatic heterocycles. The van der Waals surface area contributed by atoms with Crippen molar-refractivity contribution in [3.05, 3.63) is 54.5 Å². The van der Waals surface area contributed by atoms with Crippen molar-refractivity contribution in [1.29, 1.82) is 0 Å². The molecule has 8 heteroatoms. The van der Waals surface area contributed by atoms with Crippen LogP contribution in [0.2, 0.25) is 0 Å². The molecule has 1 aromatic carbocycles. The minimum atomic E-state index is -3.69. The zero-order valence-electron chi connectivity index (χ0n) is 13.2. The summed E-state index contributed by atoms with van der Waals surface area (Å²) in [4.78, 5) is 14.4.